The van der Waals surface area contributed by atoms with Gasteiger partial charge in [-0.25, -0.2) is 0 Å². The van der Waals surface area contributed by atoms with Crippen LogP contribution in [-0.2, 0) is 64.4 Å². The van der Waals surface area contributed by atoms with Crippen LogP contribution in [-0.4, -0.2) is 50.1 Å². The number of hydrogen-bond acceptors (Lipinski definition) is 8. The third kappa shape index (κ3) is 10.3. The number of esters is 1. The van der Waals surface area contributed by atoms with Gasteiger partial charge in [0, 0.05) is 6.92 Å². The Balaban J connectivity index is 1.42. The fraction of sp³-hybridized carbons (Fsp3) is 0.324. The van der Waals surface area contributed by atoms with Crippen molar-refractivity contribution in [3.63, 3.8) is 0 Å². The molecule has 4 aromatic carbocycles. The molecule has 45 heavy (non-hydrogen) atoms. The van der Waals surface area contributed by atoms with E-state index in [1.165, 1.54) is 6.92 Å². The summed E-state index contributed by atoms with van der Waals surface area (Å²) >= 11 is 0. The van der Waals surface area contributed by atoms with E-state index in [9.17, 15) is 4.79 Å². The van der Waals surface area contributed by atoms with E-state index >= 15 is 0 Å². The van der Waals surface area contributed by atoms with Gasteiger partial charge in [-0.2, -0.15) is 0 Å². The van der Waals surface area contributed by atoms with Crippen molar-refractivity contribution in [2.45, 2.75) is 64.1 Å². The molecule has 0 aromatic heterocycles. The van der Waals surface area contributed by atoms with E-state index in [1.54, 1.807) is 0 Å². The van der Waals surface area contributed by atoms with Gasteiger partial charge in [0.1, 0.15) is 24.4 Å². The second-order valence-electron chi connectivity index (χ2n) is 10.7. The van der Waals surface area contributed by atoms with Crippen molar-refractivity contribution in [3.05, 3.63) is 144 Å². The third-order valence-corrected chi connectivity index (χ3v) is 7.34. The van der Waals surface area contributed by atoms with E-state index in [0.717, 1.165) is 22.3 Å². The van der Waals surface area contributed by atoms with Crippen molar-refractivity contribution < 1.29 is 38.0 Å². The Hall–Kier alpha value is -3.89. The van der Waals surface area contributed by atoms with Gasteiger partial charge in [0.2, 0.25) is 0 Å². The van der Waals surface area contributed by atoms with E-state index in [-0.39, 0.29) is 20.0 Å². The lowest BCUT2D eigenvalue weighted by Gasteiger charge is -2.45. The van der Waals surface area contributed by atoms with Gasteiger partial charge in [-0.1, -0.05) is 121 Å². The number of ether oxygens (including phenoxy) is 7. The molecule has 0 saturated carbocycles. The highest BCUT2D eigenvalue weighted by Crippen LogP contribution is 2.31. The SMILES string of the molecule is CC(=O)OCO[C@@H]1O[C@H](COCc2ccccc2)[C@H](OCc2ccccc2)[C@H](OCc2ccccc2)[C@H]1OCc1ccccc1. The van der Waals surface area contributed by atoms with E-state index < -0.39 is 36.7 Å². The summed E-state index contributed by atoms with van der Waals surface area (Å²) in [5, 5.41) is 0. The van der Waals surface area contributed by atoms with Crippen molar-refractivity contribution in [2.75, 3.05) is 13.4 Å². The molecular weight excluding hydrogens is 572 g/mol. The summed E-state index contributed by atoms with van der Waals surface area (Å²) in [5.74, 6) is -0.462. The molecule has 4 aromatic rings. The minimum Gasteiger partial charge on any atom is -0.439 e. The highest BCUT2D eigenvalue weighted by Gasteiger charge is 2.49. The van der Waals surface area contributed by atoms with E-state index in [1.807, 2.05) is 121 Å². The molecule has 1 heterocycles. The molecule has 1 aliphatic heterocycles. The first-order chi connectivity index (χ1) is 22.2. The summed E-state index contributed by atoms with van der Waals surface area (Å²) in [7, 11) is 0. The van der Waals surface area contributed by atoms with Crippen molar-refractivity contribution in [1.29, 1.82) is 0 Å². The zero-order valence-electron chi connectivity index (χ0n) is 25.4. The van der Waals surface area contributed by atoms with Crippen LogP contribution in [0.3, 0.4) is 0 Å². The topological polar surface area (TPSA) is 81.7 Å². The predicted molar refractivity (Wildman–Crippen MR) is 168 cm³/mol. The molecule has 5 atom stereocenters. The van der Waals surface area contributed by atoms with Gasteiger partial charge in [0.05, 0.1) is 33.0 Å². The standard InChI is InChI=1S/C37H40O8/c1-28(38)43-27-44-37-36(42-25-32-20-12-5-13-21-32)35(41-24-31-18-10-4-11-19-31)34(40-23-30-16-8-3-9-17-30)33(45-37)26-39-22-29-14-6-2-7-15-29/h2-21,33-37H,22-27H2,1H3/t33-,34+,35+,36-,37-/m1/s1. The van der Waals surface area contributed by atoms with Crippen LogP contribution in [0.25, 0.3) is 0 Å². The lowest BCUT2D eigenvalue weighted by atomic mass is 9.97. The van der Waals surface area contributed by atoms with Crippen LogP contribution in [0.15, 0.2) is 121 Å². The van der Waals surface area contributed by atoms with Gasteiger partial charge < -0.3 is 33.2 Å². The zero-order chi connectivity index (χ0) is 31.1. The predicted octanol–water partition coefficient (Wildman–Crippen LogP) is 6.22. The normalized spacial score (nSPS) is 21.3. The summed E-state index contributed by atoms with van der Waals surface area (Å²) in [6, 6.07) is 39.7. The molecule has 5 rings (SSSR count). The van der Waals surface area contributed by atoms with Crippen LogP contribution in [0.4, 0.5) is 0 Å². The Bertz CT molecular complexity index is 1390. The summed E-state index contributed by atoms with van der Waals surface area (Å²) in [6.45, 7) is 2.56. The quantitative estimate of drug-likeness (QED) is 0.109. The van der Waals surface area contributed by atoms with E-state index in [0.29, 0.717) is 19.8 Å². The van der Waals surface area contributed by atoms with Crippen LogP contribution in [0.1, 0.15) is 29.2 Å². The van der Waals surface area contributed by atoms with Gasteiger partial charge >= 0.3 is 5.97 Å². The van der Waals surface area contributed by atoms with Gasteiger partial charge in [-0.3, -0.25) is 4.79 Å². The lowest BCUT2D eigenvalue weighted by molar-refractivity contribution is -0.337. The van der Waals surface area contributed by atoms with Gasteiger partial charge in [-0.05, 0) is 22.3 Å². The largest absolute Gasteiger partial charge is 0.439 e. The maximum absolute atomic E-state index is 11.6. The molecule has 0 aliphatic carbocycles. The minimum atomic E-state index is -0.935. The van der Waals surface area contributed by atoms with Crippen molar-refractivity contribution in [2.24, 2.45) is 0 Å². The Morgan fingerprint density at radius 3 is 1.44 bits per heavy atom. The Kier molecular flexibility index (Phi) is 12.7. The molecular formula is C37H40O8. The molecule has 8 nitrogen and oxygen atoms in total. The van der Waals surface area contributed by atoms with Crippen LogP contribution >= 0.6 is 0 Å². The molecule has 0 bridgehead atoms. The zero-order valence-corrected chi connectivity index (χ0v) is 25.4. The molecule has 236 valence electrons. The van der Waals surface area contributed by atoms with Crippen molar-refractivity contribution in [3.8, 4) is 0 Å². The minimum absolute atomic E-state index is 0.207. The maximum atomic E-state index is 11.6. The Labute approximate surface area is 264 Å². The van der Waals surface area contributed by atoms with Crippen molar-refractivity contribution >= 4 is 5.97 Å². The monoisotopic (exact) mass is 612 g/mol. The molecule has 0 unspecified atom stereocenters. The lowest BCUT2D eigenvalue weighted by Crippen LogP contribution is -2.61. The second kappa shape index (κ2) is 17.6. The average molecular weight is 613 g/mol. The number of carbonyl (C=O) groups is 1. The number of benzene rings is 4. The Morgan fingerprint density at radius 2 is 0.978 bits per heavy atom. The summed E-state index contributed by atoms with van der Waals surface area (Å²) in [6.07, 6.45) is -3.46. The molecule has 0 spiro atoms. The fourth-order valence-corrected chi connectivity index (χ4v) is 5.07. The van der Waals surface area contributed by atoms with E-state index in [4.69, 9.17) is 33.2 Å². The average Bonchev–Trinajstić information content (AvgIpc) is 3.08. The first-order valence-electron chi connectivity index (χ1n) is 15.1. The first kappa shape index (κ1) is 32.5. The first-order valence-corrected chi connectivity index (χ1v) is 15.1. The molecule has 1 fully saturated rings. The third-order valence-electron chi connectivity index (χ3n) is 7.34. The van der Waals surface area contributed by atoms with Crippen LogP contribution < -0.4 is 0 Å². The van der Waals surface area contributed by atoms with Crippen LogP contribution in [0.5, 0.6) is 0 Å². The van der Waals surface area contributed by atoms with Crippen LogP contribution in [0, 0.1) is 0 Å². The molecule has 8 heteroatoms. The molecule has 0 radical (unpaired) electrons. The highest BCUT2D eigenvalue weighted by atomic mass is 16.8. The van der Waals surface area contributed by atoms with Gasteiger partial charge in [0.25, 0.3) is 0 Å². The fourth-order valence-electron chi connectivity index (χ4n) is 5.07. The van der Waals surface area contributed by atoms with Crippen molar-refractivity contribution in [1.82, 2.24) is 0 Å². The summed E-state index contributed by atoms with van der Waals surface area (Å²) < 4.78 is 43.6. The number of rotatable bonds is 16. The van der Waals surface area contributed by atoms with E-state index in [2.05, 4.69) is 0 Å². The Morgan fingerprint density at radius 1 is 0.556 bits per heavy atom. The summed E-state index contributed by atoms with van der Waals surface area (Å²) in [4.78, 5) is 11.6. The molecule has 0 amide bonds. The second-order valence-corrected chi connectivity index (χ2v) is 10.7. The van der Waals surface area contributed by atoms with Gasteiger partial charge in [0.15, 0.2) is 13.1 Å². The smallest absolute Gasteiger partial charge is 0.304 e. The summed E-state index contributed by atoms with van der Waals surface area (Å²) in [5.41, 5.74) is 4.03. The molecule has 1 aliphatic rings. The number of carbonyl (C=O) groups excluding carboxylic acids is 1. The number of hydrogen-bond donors (Lipinski definition) is 0. The molecule has 1 saturated heterocycles. The van der Waals surface area contributed by atoms with Gasteiger partial charge in [-0.15, -0.1) is 0 Å². The van der Waals surface area contributed by atoms with Crippen LogP contribution in [0.2, 0.25) is 0 Å². The highest BCUT2D eigenvalue weighted by molar-refractivity contribution is 5.65. The maximum Gasteiger partial charge on any atom is 0.304 e. The molecule has 0 N–H and O–H groups in total.